The minimum atomic E-state index is -1.07. The first-order valence-electron chi connectivity index (χ1n) is 7.16. The van der Waals surface area contributed by atoms with Crippen molar-refractivity contribution in [2.24, 2.45) is 5.92 Å². The monoisotopic (exact) mass is 343 g/mol. The van der Waals surface area contributed by atoms with E-state index in [9.17, 15) is 23.2 Å². The maximum absolute atomic E-state index is 13.2. The van der Waals surface area contributed by atoms with E-state index in [1.54, 1.807) is 6.92 Å². The Morgan fingerprint density at radius 2 is 1.79 bits per heavy atom. The summed E-state index contributed by atoms with van der Waals surface area (Å²) in [6.45, 7) is 1.58. The van der Waals surface area contributed by atoms with Crippen LogP contribution in [0.15, 0.2) is 18.2 Å². The Morgan fingerprint density at radius 1 is 1.12 bits per heavy atom. The smallest absolute Gasteiger partial charge is 0.328 e. The van der Waals surface area contributed by atoms with Crippen LogP contribution in [0.1, 0.15) is 18.9 Å². The van der Waals surface area contributed by atoms with Crippen LogP contribution in [0.2, 0.25) is 0 Å². The molecule has 132 valence electrons. The molecule has 0 bridgehead atoms. The van der Waals surface area contributed by atoms with Crippen LogP contribution in [-0.4, -0.2) is 38.1 Å². The predicted molar refractivity (Wildman–Crippen MR) is 79.8 cm³/mol. The quantitative estimate of drug-likeness (QED) is 0.756. The fourth-order valence-electron chi connectivity index (χ4n) is 2.08. The van der Waals surface area contributed by atoms with Crippen molar-refractivity contribution >= 4 is 17.8 Å². The topological polar surface area (TPSA) is 81.7 Å². The highest BCUT2D eigenvalue weighted by atomic mass is 19.2. The highest BCUT2D eigenvalue weighted by molar-refractivity contribution is 5.86. The summed E-state index contributed by atoms with van der Waals surface area (Å²) < 4.78 is 35.2. The van der Waals surface area contributed by atoms with Gasteiger partial charge in [0.05, 0.1) is 27.1 Å². The van der Waals surface area contributed by atoms with Gasteiger partial charge in [0.25, 0.3) is 0 Å². The van der Waals surface area contributed by atoms with E-state index in [4.69, 9.17) is 0 Å². The largest absolute Gasteiger partial charge is 0.469 e. The minimum Gasteiger partial charge on any atom is -0.469 e. The number of rotatable bonds is 7. The Labute approximate surface area is 138 Å². The SMILES string of the molecule is COC(=O)C[C@@H](C)[C@H](NC(=O)Cc1ccc(F)c(F)c1)C(=O)OC. The van der Waals surface area contributed by atoms with Crippen molar-refractivity contribution in [3.63, 3.8) is 0 Å². The van der Waals surface area contributed by atoms with Crippen LogP contribution in [-0.2, 0) is 30.3 Å². The molecule has 6 nitrogen and oxygen atoms in total. The van der Waals surface area contributed by atoms with Crippen molar-refractivity contribution in [3.05, 3.63) is 35.4 Å². The van der Waals surface area contributed by atoms with E-state index < -0.39 is 41.4 Å². The summed E-state index contributed by atoms with van der Waals surface area (Å²) in [6.07, 6.45) is -0.350. The molecule has 0 radical (unpaired) electrons. The molecule has 0 heterocycles. The summed E-state index contributed by atoms with van der Waals surface area (Å²) >= 11 is 0. The maximum Gasteiger partial charge on any atom is 0.328 e. The van der Waals surface area contributed by atoms with Crippen LogP contribution in [0, 0.1) is 17.6 Å². The third-order valence-electron chi connectivity index (χ3n) is 3.41. The average Bonchev–Trinajstić information content (AvgIpc) is 2.55. The number of ether oxygens (including phenoxy) is 2. The molecular formula is C16H19F2NO5. The summed E-state index contributed by atoms with van der Waals surface area (Å²) in [7, 11) is 2.37. The molecule has 1 rings (SSSR count). The number of benzene rings is 1. The van der Waals surface area contributed by atoms with Crippen molar-refractivity contribution in [1.82, 2.24) is 5.32 Å². The van der Waals surface area contributed by atoms with Crippen molar-refractivity contribution in [2.75, 3.05) is 14.2 Å². The lowest BCUT2D eigenvalue weighted by atomic mass is 9.98. The van der Waals surface area contributed by atoms with Gasteiger partial charge in [-0.2, -0.15) is 0 Å². The normalized spacial score (nSPS) is 12.9. The zero-order valence-corrected chi connectivity index (χ0v) is 13.6. The summed E-state index contributed by atoms with van der Waals surface area (Å²) in [5.74, 6) is -4.50. The summed E-state index contributed by atoms with van der Waals surface area (Å²) in [5, 5.41) is 2.44. The second-order valence-corrected chi connectivity index (χ2v) is 5.25. The van der Waals surface area contributed by atoms with E-state index in [-0.39, 0.29) is 18.4 Å². The molecule has 0 aliphatic heterocycles. The van der Waals surface area contributed by atoms with E-state index in [0.29, 0.717) is 0 Å². The second-order valence-electron chi connectivity index (χ2n) is 5.25. The van der Waals surface area contributed by atoms with Gasteiger partial charge in [0, 0.05) is 0 Å². The number of esters is 2. The van der Waals surface area contributed by atoms with Gasteiger partial charge in [-0.25, -0.2) is 13.6 Å². The molecule has 0 aromatic heterocycles. The minimum absolute atomic E-state index is 0.0955. The molecule has 0 saturated carbocycles. The van der Waals surface area contributed by atoms with E-state index >= 15 is 0 Å². The highest BCUT2D eigenvalue weighted by Crippen LogP contribution is 2.13. The summed E-state index contributed by atoms with van der Waals surface area (Å²) in [5.41, 5.74) is 0.246. The van der Waals surface area contributed by atoms with Crippen molar-refractivity contribution in [1.29, 1.82) is 0 Å². The van der Waals surface area contributed by atoms with E-state index in [1.807, 2.05) is 0 Å². The molecule has 1 N–H and O–H groups in total. The fourth-order valence-corrected chi connectivity index (χ4v) is 2.08. The number of halogens is 2. The molecule has 0 aliphatic carbocycles. The van der Waals surface area contributed by atoms with Crippen LogP contribution < -0.4 is 5.32 Å². The second kappa shape index (κ2) is 8.95. The Balaban J connectivity index is 2.78. The Hall–Kier alpha value is -2.51. The highest BCUT2D eigenvalue weighted by Gasteiger charge is 2.29. The molecular weight excluding hydrogens is 324 g/mol. The number of carbonyl (C=O) groups is 3. The molecule has 1 aromatic carbocycles. The predicted octanol–water partition coefficient (Wildman–Crippen LogP) is 1.36. The number of methoxy groups -OCH3 is 2. The zero-order valence-electron chi connectivity index (χ0n) is 13.6. The first kappa shape index (κ1) is 19.5. The Morgan fingerprint density at radius 3 is 2.33 bits per heavy atom. The van der Waals surface area contributed by atoms with Gasteiger partial charge in [-0.05, 0) is 23.6 Å². The molecule has 0 aliphatic rings. The first-order chi connectivity index (χ1) is 11.3. The molecule has 8 heteroatoms. The third-order valence-corrected chi connectivity index (χ3v) is 3.41. The van der Waals surface area contributed by atoms with Gasteiger partial charge in [0.1, 0.15) is 6.04 Å². The fraction of sp³-hybridized carbons (Fsp3) is 0.438. The molecule has 0 unspecified atom stereocenters. The van der Waals surface area contributed by atoms with Gasteiger partial charge < -0.3 is 14.8 Å². The Kier molecular flexibility index (Phi) is 7.29. The summed E-state index contributed by atoms with van der Waals surface area (Å²) in [6, 6.07) is 2.02. The van der Waals surface area contributed by atoms with E-state index in [1.165, 1.54) is 13.2 Å². The molecule has 0 fully saturated rings. The number of nitrogens with one attached hydrogen (secondary N) is 1. The zero-order chi connectivity index (χ0) is 18.3. The maximum atomic E-state index is 13.2. The third kappa shape index (κ3) is 5.60. The standard InChI is InChI=1S/C16H19F2NO5/c1-9(6-14(21)23-2)15(16(22)24-3)19-13(20)8-10-4-5-11(17)12(18)7-10/h4-5,7,9,15H,6,8H2,1-3H3,(H,19,20)/t9-,15+/m1/s1. The van der Waals surface area contributed by atoms with Crippen LogP contribution in [0.5, 0.6) is 0 Å². The van der Waals surface area contributed by atoms with Gasteiger partial charge in [-0.15, -0.1) is 0 Å². The van der Waals surface area contributed by atoms with Crippen LogP contribution in [0.4, 0.5) is 8.78 Å². The summed E-state index contributed by atoms with van der Waals surface area (Å²) in [4.78, 5) is 35.2. The molecule has 0 saturated heterocycles. The molecule has 1 aromatic rings. The van der Waals surface area contributed by atoms with Gasteiger partial charge in [0.2, 0.25) is 5.91 Å². The lowest BCUT2D eigenvalue weighted by Crippen LogP contribution is -2.47. The number of hydrogen-bond donors (Lipinski definition) is 1. The average molecular weight is 343 g/mol. The van der Waals surface area contributed by atoms with Gasteiger partial charge in [-0.3, -0.25) is 9.59 Å². The van der Waals surface area contributed by atoms with Gasteiger partial charge in [0.15, 0.2) is 11.6 Å². The first-order valence-corrected chi connectivity index (χ1v) is 7.16. The van der Waals surface area contributed by atoms with Crippen LogP contribution in [0.3, 0.4) is 0 Å². The molecule has 24 heavy (non-hydrogen) atoms. The molecule has 0 spiro atoms. The van der Waals surface area contributed by atoms with Crippen LogP contribution in [0.25, 0.3) is 0 Å². The van der Waals surface area contributed by atoms with Crippen molar-refractivity contribution < 1.29 is 32.6 Å². The lowest BCUT2D eigenvalue weighted by molar-refractivity contribution is -0.148. The van der Waals surface area contributed by atoms with Crippen molar-refractivity contribution in [2.45, 2.75) is 25.8 Å². The number of hydrogen-bond acceptors (Lipinski definition) is 5. The van der Waals surface area contributed by atoms with E-state index in [2.05, 4.69) is 14.8 Å². The molecule has 2 atom stereocenters. The van der Waals surface area contributed by atoms with Crippen LogP contribution >= 0.6 is 0 Å². The number of amides is 1. The lowest BCUT2D eigenvalue weighted by Gasteiger charge is -2.22. The van der Waals surface area contributed by atoms with Crippen molar-refractivity contribution in [3.8, 4) is 0 Å². The van der Waals surface area contributed by atoms with E-state index in [0.717, 1.165) is 19.2 Å². The Bertz CT molecular complexity index is 620. The number of carbonyl (C=O) groups excluding carboxylic acids is 3. The van der Waals surface area contributed by atoms with Gasteiger partial charge >= 0.3 is 11.9 Å². The van der Waals surface area contributed by atoms with Gasteiger partial charge in [-0.1, -0.05) is 13.0 Å². The molecule has 1 amide bonds.